The first-order chi connectivity index (χ1) is 7.08. The van der Waals surface area contributed by atoms with Gasteiger partial charge in [0.1, 0.15) is 5.52 Å². The average molecular weight is 208 g/mol. The lowest BCUT2D eigenvalue weighted by Crippen LogP contribution is -1.94. The van der Waals surface area contributed by atoms with Crippen LogP contribution < -0.4 is 0 Å². The van der Waals surface area contributed by atoms with Crippen molar-refractivity contribution >= 4 is 22.8 Å². The standard InChI is InChI=1S/C8H4N2O5/c11-8(12)7-9-5-2-1-4(10(13)14)3-6(5)15-7/h1-3H,(H,11,12). The largest absolute Gasteiger partial charge is 0.474 e. The maximum Gasteiger partial charge on any atom is 0.392 e. The third-order valence-electron chi connectivity index (χ3n) is 1.77. The molecule has 1 aromatic carbocycles. The van der Waals surface area contributed by atoms with E-state index in [-0.39, 0.29) is 16.8 Å². The van der Waals surface area contributed by atoms with Gasteiger partial charge in [-0.15, -0.1) is 0 Å². The molecule has 7 heteroatoms. The van der Waals surface area contributed by atoms with E-state index in [1.54, 1.807) is 0 Å². The van der Waals surface area contributed by atoms with Crippen molar-refractivity contribution < 1.29 is 19.2 Å². The van der Waals surface area contributed by atoms with Gasteiger partial charge in [0.05, 0.1) is 11.0 Å². The van der Waals surface area contributed by atoms with Crippen molar-refractivity contribution in [2.75, 3.05) is 0 Å². The molecule has 0 fully saturated rings. The number of carboxylic acid groups (broad SMARTS) is 1. The van der Waals surface area contributed by atoms with Crippen LogP contribution in [0.1, 0.15) is 10.7 Å². The fraction of sp³-hybridized carbons (Fsp3) is 0. The molecule has 0 bridgehead atoms. The van der Waals surface area contributed by atoms with Gasteiger partial charge in [0.2, 0.25) is 0 Å². The number of nitro groups is 1. The Morgan fingerprint density at radius 2 is 2.27 bits per heavy atom. The molecule has 15 heavy (non-hydrogen) atoms. The topological polar surface area (TPSA) is 106 Å². The van der Waals surface area contributed by atoms with Gasteiger partial charge in [-0.25, -0.2) is 9.78 Å². The van der Waals surface area contributed by atoms with Crippen LogP contribution in [0.15, 0.2) is 22.6 Å². The summed E-state index contributed by atoms with van der Waals surface area (Å²) in [7, 11) is 0. The Hall–Kier alpha value is -2.44. The average Bonchev–Trinajstić information content (AvgIpc) is 2.59. The number of non-ortho nitro benzene ring substituents is 1. The smallest absolute Gasteiger partial charge is 0.392 e. The molecule has 0 unspecified atom stereocenters. The molecule has 0 aliphatic carbocycles. The van der Waals surface area contributed by atoms with Crippen LogP contribution in [0.3, 0.4) is 0 Å². The summed E-state index contributed by atoms with van der Waals surface area (Å²) in [5, 5.41) is 19.0. The first kappa shape index (κ1) is 9.13. The number of carbonyl (C=O) groups is 1. The number of rotatable bonds is 2. The van der Waals surface area contributed by atoms with Crippen molar-refractivity contribution in [1.29, 1.82) is 0 Å². The lowest BCUT2D eigenvalue weighted by molar-refractivity contribution is -0.384. The molecule has 0 aliphatic heterocycles. The number of fused-ring (bicyclic) bond motifs is 1. The molecular formula is C8H4N2O5. The second-order valence-electron chi connectivity index (χ2n) is 2.73. The van der Waals surface area contributed by atoms with E-state index in [4.69, 9.17) is 9.52 Å². The maximum absolute atomic E-state index is 10.5. The van der Waals surface area contributed by atoms with E-state index >= 15 is 0 Å². The van der Waals surface area contributed by atoms with Gasteiger partial charge in [-0.3, -0.25) is 10.1 Å². The Morgan fingerprint density at radius 3 is 2.87 bits per heavy atom. The lowest BCUT2D eigenvalue weighted by atomic mass is 10.3. The van der Waals surface area contributed by atoms with Gasteiger partial charge in [-0.05, 0) is 6.07 Å². The van der Waals surface area contributed by atoms with Crippen LogP contribution in [0.2, 0.25) is 0 Å². The van der Waals surface area contributed by atoms with E-state index in [0.717, 1.165) is 6.07 Å². The molecule has 0 saturated carbocycles. The fourth-order valence-corrected chi connectivity index (χ4v) is 1.12. The van der Waals surface area contributed by atoms with Crippen molar-refractivity contribution in [2.45, 2.75) is 0 Å². The van der Waals surface area contributed by atoms with E-state index < -0.39 is 16.8 Å². The molecule has 76 valence electrons. The summed E-state index contributed by atoms with van der Waals surface area (Å²) >= 11 is 0. The molecule has 0 amide bonds. The number of benzene rings is 1. The van der Waals surface area contributed by atoms with Gasteiger partial charge >= 0.3 is 11.9 Å². The van der Waals surface area contributed by atoms with Crippen molar-refractivity contribution in [3.63, 3.8) is 0 Å². The minimum atomic E-state index is -1.31. The number of nitro benzene ring substituents is 1. The monoisotopic (exact) mass is 208 g/mol. The Kier molecular flexibility index (Phi) is 1.86. The molecule has 0 aliphatic rings. The molecular weight excluding hydrogens is 204 g/mol. The molecule has 2 rings (SSSR count). The van der Waals surface area contributed by atoms with Crippen LogP contribution in [0.5, 0.6) is 0 Å². The first-order valence-corrected chi connectivity index (χ1v) is 3.86. The summed E-state index contributed by atoms with van der Waals surface area (Å²) < 4.78 is 4.81. The Labute approximate surface area is 82.1 Å². The predicted octanol–water partition coefficient (Wildman–Crippen LogP) is 1.43. The quantitative estimate of drug-likeness (QED) is 0.590. The highest BCUT2D eigenvalue weighted by molar-refractivity contribution is 5.87. The summed E-state index contributed by atoms with van der Waals surface area (Å²) in [4.78, 5) is 23.9. The Morgan fingerprint density at radius 1 is 1.53 bits per heavy atom. The van der Waals surface area contributed by atoms with Gasteiger partial charge in [-0.2, -0.15) is 0 Å². The molecule has 0 atom stereocenters. The summed E-state index contributed by atoms with van der Waals surface area (Å²) in [6.07, 6.45) is 0. The van der Waals surface area contributed by atoms with Crippen LogP contribution in [0.25, 0.3) is 11.1 Å². The van der Waals surface area contributed by atoms with Crippen LogP contribution in [-0.4, -0.2) is 21.0 Å². The van der Waals surface area contributed by atoms with Crippen LogP contribution in [0, 0.1) is 10.1 Å². The maximum atomic E-state index is 10.5. The number of nitrogens with zero attached hydrogens (tertiary/aromatic N) is 2. The number of carboxylic acids is 1. The molecule has 2 aromatic rings. The van der Waals surface area contributed by atoms with Crippen molar-refractivity contribution in [3.8, 4) is 0 Å². The van der Waals surface area contributed by atoms with Crippen LogP contribution >= 0.6 is 0 Å². The highest BCUT2D eigenvalue weighted by Gasteiger charge is 2.15. The predicted molar refractivity (Wildman–Crippen MR) is 47.6 cm³/mol. The van der Waals surface area contributed by atoms with Crippen molar-refractivity contribution in [3.05, 3.63) is 34.2 Å². The molecule has 1 N–H and O–H groups in total. The first-order valence-electron chi connectivity index (χ1n) is 3.86. The minimum absolute atomic E-state index is 0.0848. The summed E-state index contributed by atoms with van der Waals surface area (Å²) in [6, 6.07) is 3.70. The van der Waals surface area contributed by atoms with E-state index in [2.05, 4.69) is 4.98 Å². The number of oxazole rings is 1. The third kappa shape index (κ3) is 1.50. The SMILES string of the molecule is O=C(O)c1nc2ccc([N+](=O)[O-])cc2o1. The highest BCUT2D eigenvalue weighted by atomic mass is 16.6. The van der Waals surface area contributed by atoms with Crippen molar-refractivity contribution in [1.82, 2.24) is 4.98 Å². The number of hydrogen-bond acceptors (Lipinski definition) is 5. The Balaban J connectivity index is 2.62. The zero-order valence-electron chi connectivity index (χ0n) is 7.21. The number of aromatic carboxylic acids is 1. The normalized spacial score (nSPS) is 10.4. The fourth-order valence-electron chi connectivity index (χ4n) is 1.12. The molecule has 0 radical (unpaired) electrons. The lowest BCUT2D eigenvalue weighted by Gasteiger charge is -1.88. The van der Waals surface area contributed by atoms with Gasteiger partial charge in [0.25, 0.3) is 5.69 Å². The highest BCUT2D eigenvalue weighted by Crippen LogP contribution is 2.21. The number of hydrogen-bond donors (Lipinski definition) is 1. The van der Waals surface area contributed by atoms with E-state index in [1.807, 2.05) is 0 Å². The Bertz CT molecular complexity index is 547. The zero-order chi connectivity index (χ0) is 11.0. The second-order valence-corrected chi connectivity index (χ2v) is 2.73. The van der Waals surface area contributed by atoms with E-state index in [0.29, 0.717) is 0 Å². The van der Waals surface area contributed by atoms with Crippen molar-refractivity contribution in [2.24, 2.45) is 0 Å². The van der Waals surface area contributed by atoms with Gasteiger partial charge in [-0.1, -0.05) is 0 Å². The molecule has 7 nitrogen and oxygen atoms in total. The van der Waals surface area contributed by atoms with E-state index in [9.17, 15) is 14.9 Å². The zero-order valence-corrected chi connectivity index (χ0v) is 7.21. The second kappa shape index (κ2) is 3.05. The summed E-state index contributed by atoms with van der Waals surface area (Å²) in [5.74, 6) is -1.79. The molecule has 1 heterocycles. The van der Waals surface area contributed by atoms with E-state index in [1.165, 1.54) is 12.1 Å². The summed E-state index contributed by atoms with van der Waals surface area (Å²) in [6.45, 7) is 0. The van der Waals surface area contributed by atoms with Crippen LogP contribution in [0.4, 0.5) is 5.69 Å². The third-order valence-corrected chi connectivity index (χ3v) is 1.77. The molecule has 0 spiro atoms. The minimum Gasteiger partial charge on any atom is -0.474 e. The van der Waals surface area contributed by atoms with Crippen LogP contribution in [-0.2, 0) is 0 Å². The van der Waals surface area contributed by atoms with Gasteiger partial charge < -0.3 is 9.52 Å². The summed E-state index contributed by atoms with van der Waals surface area (Å²) in [5.41, 5.74) is 0.190. The van der Waals surface area contributed by atoms with Gasteiger partial charge in [0.15, 0.2) is 5.58 Å². The molecule has 0 saturated heterocycles. The van der Waals surface area contributed by atoms with Gasteiger partial charge in [0, 0.05) is 6.07 Å². The number of aromatic nitrogens is 1. The molecule has 1 aromatic heterocycles.